The molecule has 1 aromatic carbocycles. The van der Waals surface area contributed by atoms with Crippen molar-refractivity contribution in [1.29, 1.82) is 0 Å². The Bertz CT molecular complexity index is 646. The van der Waals surface area contributed by atoms with Crippen molar-refractivity contribution < 1.29 is 5.11 Å². The Hall–Kier alpha value is -2.08. The van der Waals surface area contributed by atoms with E-state index in [-0.39, 0.29) is 5.75 Å². The number of aryl methyl sites for hydroxylation is 1. The van der Waals surface area contributed by atoms with Crippen LogP contribution in [0.4, 0.5) is 5.95 Å². The second-order valence-electron chi connectivity index (χ2n) is 6.45. The summed E-state index contributed by atoms with van der Waals surface area (Å²) in [4.78, 5) is 6.29. The maximum absolute atomic E-state index is 10.0. The molecule has 0 radical (unpaired) electrons. The van der Waals surface area contributed by atoms with Crippen molar-refractivity contribution in [2.75, 3.05) is 25.5 Å². The zero-order chi connectivity index (χ0) is 16.2. The molecule has 1 fully saturated rings. The van der Waals surface area contributed by atoms with Gasteiger partial charge in [-0.25, -0.2) is 0 Å². The molecule has 0 saturated carbocycles. The maximum Gasteiger partial charge on any atom is 0.244 e. The van der Waals surface area contributed by atoms with E-state index in [4.69, 9.17) is 0 Å². The highest BCUT2D eigenvalue weighted by atomic mass is 16.3. The number of phenolic OH excluding ortho intramolecular Hbond substituents is 1. The average molecular weight is 315 g/mol. The van der Waals surface area contributed by atoms with Gasteiger partial charge in [0.1, 0.15) is 5.75 Å². The average Bonchev–Trinajstić information content (AvgIpc) is 3.04. The first-order chi connectivity index (χ1) is 11.1. The van der Waals surface area contributed by atoms with Gasteiger partial charge in [0.2, 0.25) is 5.95 Å². The van der Waals surface area contributed by atoms with Crippen LogP contribution in [0.1, 0.15) is 31.2 Å². The minimum atomic E-state index is 0.275. The summed E-state index contributed by atoms with van der Waals surface area (Å²) in [5, 5.41) is 20.7. The molecule has 1 aliphatic rings. The molecule has 0 spiro atoms. The van der Waals surface area contributed by atoms with E-state index >= 15 is 0 Å². The quantitative estimate of drug-likeness (QED) is 0.789. The van der Waals surface area contributed by atoms with Crippen LogP contribution < -0.4 is 10.2 Å². The van der Waals surface area contributed by atoms with Crippen LogP contribution in [-0.2, 0) is 6.42 Å². The van der Waals surface area contributed by atoms with Gasteiger partial charge in [-0.1, -0.05) is 6.42 Å². The Morgan fingerprint density at radius 3 is 2.83 bits per heavy atom. The lowest BCUT2D eigenvalue weighted by Crippen LogP contribution is -2.34. The summed E-state index contributed by atoms with van der Waals surface area (Å²) in [6.07, 6.45) is 5.90. The number of benzene rings is 1. The van der Waals surface area contributed by atoms with Gasteiger partial charge < -0.3 is 15.3 Å². The van der Waals surface area contributed by atoms with Crippen LogP contribution in [0.25, 0.3) is 11.4 Å². The third-order valence-electron chi connectivity index (χ3n) is 4.32. The Labute approximate surface area is 136 Å². The Balaban J connectivity index is 1.72. The zero-order valence-corrected chi connectivity index (χ0v) is 13.8. The van der Waals surface area contributed by atoms with Crippen LogP contribution in [0, 0.1) is 0 Å². The molecule has 124 valence electrons. The van der Waals surface area contributed by atoms with Crippen LogP contribution in [0.2, 0.25) is 0 Å². The number of rotatable bonds is 5. The zero-order valence-electron chi connectivity index (χ0n) is 13.8. The van der Waals surface area contributed by atoms with Gasteiger partial charge in [-0.2, -0.15) is 4.98 Å². The Morgan fingerprint density at radius 2 is 2.13 bits per heavy atom. The van der Waals surface area contributed by atoms with Gasteiger partial charge in [0, 0.05) is 25.7 Å². The van der Waals surface area contributed by atoms with Crippen molar-refractivity contribution in [1.82, 2.24) is 20.5 Å². The molecular weight excluding hydrogens is 290 g/mol. The lowest BCUT2D eigenvalue weighted by Gasteiger charge is -2.23. The number of nitrogens with one attached hydrogen (secondary N) is 2. The van der Waals surface area contributed by atoms with Gasteiger partial charge in [0.25, 0.3) is 0 Å². The van der Waals surface area contributed by atoms with E-state index in [1.165, 1.54) is 19.3 Å². The van der Waals surface area contributed by atoms with Crippen molar-refractivity contribution in [3.63, 3.8) is 0 Å². The number of hydrogen-bond donors (Lipinski definition) is 3. The molecule has 0 aliphatic carbocycles. The molecule has 0 bridgehead atoms. The molecule has 1 aromatic heterocycles. The standard InChI is InChI=1S/C17H25N5O/c1-22(2)17-19-16(20-21-17)13-9-12(10-15(23)11-13)6-7-14-5-3-4-8-18-14/h9-11,14,18,23H,3-8H2,1-2H3,(H,19,20,21)/t14-/m1/s1. The van der Waals surface area contributed by atoms with Crippen LogP contribution in [0.3, 0.4) is 0 Å². The third kappa shape index (κ3) is 4.01. The van der Waals surface area contributed by atoms with Crippen LogP contribution in [0.5, 0.6) is 5.75 Å². The molecule has 6 nitrogen and oxygen atoms in total. The predicted octanol–water partition coefficient (Wildman–Crippen LogP) is 2.32. The summed E-state index contributed by atoms with van der Waals surface area (Å²) in [6, 6.07) is 6.25. The molecule has 0 amide bonds. The van der Waals surface area contributed by atoms with Crippen molar-refractivity contribution in [3.8, 4) is 17.1 Å². The second kappa shape index (κ2) is 7.00. The van der Waals surface area contributed by atoms with Gasteiger partial charge in [0.15, 0.2) is 5.82 Å². The summed E-state index contributed by atoms with van der Waals surface area (Å²) in [5.74, 6) is 1.59. The molecular formula is C17H25N5O. The number of phenols is 1. The summed E-state index contributed by atoms with van der Waals surface area (Å²) in [5.41, 5.74) is 2.01. The maximum atomic E-state index is 10.0. The third-order valence-corrected chi connectivity index (χ3v) is 4.32. The van der Waals surface area contributed by atoms with E-state index in [9.17, 15) is 5.11 Å². The number of hydrogen-bond acceptors (Lipinski definition) is 5. The molecule has 1 saturated heterocycles. The van der Waals surface area contributed by atoms with E-state index in [0.717, 1.165) is 30.5 Å². The monoisotopic (exact) mass is 315 g/mol. The lowest BCUT2D eigenvalue weighted by atomic mass is 9.97. The number of aromatic nitrogens is 3. The lowest BCUT2D eigenvalue weighted by molar-refractivity contribution is 0.382. The fraction of sp³-hybridized carbons (Fsp3) is 0.529. The molecule has 3 rings (SSSR count). The SMILES string of the molecule is CN(C)c1n[nH]c(-c2cc(O)cc(CC[C@H]3CCCCN3)c2)n1. The molecule has 1 aliphatic heterocycles. The van der Waals surface area contributed by atoms with E-state index in [0.29, 0.717) is 17.8 Å². The predicted molar refractivity (Wildman–Crippen MR) is 91.8 cm³/mol. The topological polar surface area (TPSA) is 77.1 Å². The first-order valence-corrected chi connectivity index (χ1v) is 8.28. The minimum absolute atomic E-state index is 0.275. The Morgan fingerprint density at radius 1 is 1.26 bits per heavy atom. The fourth-order valence-corrected chi connectivity index (χ4v) is 3.05. The number of anilines is 1. The highest BCUT2D eigenvalue weighted by Gasteiger charge is 2.14. The normalized spacial score (nSPS) is 18.1. The van der Waals surface area contributed by atoms with E-state index in [1.54, 1.807) is 6.07 Å². The number of aromatic hydroxyl groups is 1. The van der Waals surface area contributed by atoms with Gasteiger partial charge in [-0.05, 0) is 56.0 Å². The molecule has 3 N–H and O–H groups in total. The summed E-state index contributed by atoms with van der Waals surface area (Å²) in [6.45, 7) is 1.13. The minimum Gasteiger partial charge on any atom is -0.508 e. The summed E-state index contributed by atoms with van der Waals surface area (Å²) >= 11 is 0. The van der Waals surface area contributed by atoms with Crippen molar-refractivity contribution in [3.05, 3.63) is 23.8 Å². The van der Waals surface area contributed by atoms with E-state index in [1.807, 2.05) is 25.1 Å². The van der Waals surface area contributed by atoms with E-state index in [2.05, 4.69) is 26.6 Å². The van der Waals surface area contributed by atoms with Crippen molar-refractivity contribution in [2.45, 2.75) is 38.1 Å². The number of nitrogens with zero attached hydrogens (tertiary/aromatic N) is 3. The van der Waals surface area contributed by atoms with Crippen LogP contribution >= 0.6 is 0 Å². The van der Waals surface area contributed by atoms with Gasteiger partial charge in [0.05, 0.1) is 0 Å². The van der Waals surface area contributed by atoms with Crippen LogP contribution in [0.15, 0.2) is 18.2 Å². The van der Waals surface area contributed by atoms with Crippen molar-refractivity contribution in [2.24, 2.45) is 0 Å². The first-order valence-electron chi connectivity index (χ1n) is 8.28. The number of H-pyrrole nitrogens is 1. The summed E-state index contributed by atoms with van der Waals surface area (Å²) < 4.78 is 0. The largest absolute Gasteiger partial charge is 0.508 e. The highest BCUT2D eigenvalue weighted by Crippen LogP contribution is 2.25. The van der Waals surface area contributed by atoms with Gasteiger partial charge >= 0.3 is 0 Å². The Kier molecular flexibility index (Phi) is 4.81. The second-order valence-corrected chi connectivity index (χ2v) is 6.45. The van der Waals surface area contributed by atoms with Crippen LogP contribution in [-0.4, -0.2) is 47.0 Å². The number of aromatic amines is 1. The smallest absolute Gasteiger partial charge is 0.244 e. The molecule has 2 aromatic rings. The van der Waals surface area contributed by atoms with Gasteiger partial charge in [-0.15, -0.1) is 5.10 Å². The molecule has 6 heteroatoms. The number of piperidine rings is 1. The molecule has 2 heterocycles. The molecule has 1 atom stereocenters. The first kappa shape index (κ1) is 15.8. The van der Waals surface area contributed by atoms with Crippen molar-refractivity contribution >= 4 is 5.95 Å². The molecule has 0 unspecified atom stereocenters. The highest BCUT2D eigenvalue weighted by molar-refractivity contribution is 5.60. The van der Waals surface area contributed by atoms with Gasteiger partial charge in [-0.3, -0.25) is 5.10 Å². The summed E-state index contributed by atoms with van der Waals surface area (Å²) in [7, 11) is 3.80. The molecule has 23 heavy (non-hydrogen) atoms. The van der Waals surface area contributed by atoms with E-state index < -0.39 is 0 Å². The fourth-order valence-electron chi connectivity index (χ4n) is 3.05.